The van der Waals surface area contributed by atoms with E-state index in [1.54, 1.807) is 114 Å². The number of rotatable bonds is 29. The lowest BCUT2D eigenvalue weighted by molar-refractivity contribution is -0.124. The first-order valence-electron chi connectivity index (χ1n) is 44.8. The number of nitrogens with one attached hydrogen (secondary N) is 5. The van der Waals surface area contributed by atoms with E-state index in [2.05, 4.69) is 101 Å². The predicted molar refractivity (Wildman–Crippen MR) is 506 cm³/mol. The Bertz CT molecular complexity index is 4830. The minimum Gasteiger partial charge on any atom is -0.491 e. The number of aliphatic hydroxyl groups is 2. The van der Waals surface area contributed by atoms with Crippen LogP contribution in [0.1, 0.15) is 75.3 Å². The topological polar surface area (TPSA) is 335 Å². The van der Waals surface area contributed by atoms with Gasteiger partial charge in [-0.3, -0.25) is 38.8 Å². The van der Waals surface area contributed by atoms with E-state index in [0.717, 1.165) is 132 Å². The van der Waals surface area contributed by atoms with Crippen molar-refractivity contribution in [3.63, 3.8) is 0 Å². The van der Waals surface area contributed by atoms with Crippen LogP contribution in [-0.4, -0.2) is 244 Å². The SMILES string of the molecule is CN(C)CCN(C(=O)C1CCN(CCc2ccccc2)CC1)c1ccccn1.O=C(Nc1ccccn1)C1CCN(C(=O)OCc2ccccc2)CC1.O=C(Nc1ccccn1)C1CCN(CC(O)COc2ccccc2)CC1.O=C(Nc1cccnc1)C1CCN(CC(O)COc2ccccc2)CC1.O=C(Nc1ccncc1)C1CCN(C(=O)Nc2cccc(Cl)c2)CC1. The number of halogens is 1. The number of piperidine rings is 5. The minimum absolute atomic E-state index is 0.00386. The molecule has 8 amide bonds. The van der Waals surface area contributed by atoms with Crippen molar-refractivity contribution in [2.24, 2.45) is 29.6 Å². The summed E-state index contributed by atoms with van der Waals surface area (Å²) in [5, 5.41) is 35.3. The Labute approximate surface area is 767 Å². The van der Waals surface area contributed by atoms with Crippen LogP contribution in [0.25, 0.3) is 0 Å². The normalized spacial score (nSPS) is 15.8. The van der Waals surface area contributed by atoms with Crippen molar-refractivity contribution in [3.8, 4) is 11.5 Å². The van der Waals surface area contributed by atoms with E-state index in [4.69, 9.17) is 25.8 Å². The van der Waals surface area contributed by atoms with Gasteiger partial charge in [0.1, 0.15) is 61.0 Å². The quantitative estimate of drug-likeness (QED) is 0.0229. The Hall–Kier alpha value is -12.6. The molecule has 5 aliphatic heterocycles. The number of anilines is 6. The summed E-state index contributed by atoms with van der Waals surface area (Å²) in [6.07, 6.45) is 18.9. The van der Waals surface area contributed by atoms with Crippen LogP contribution < -0.4 is 41.0 Å². The molecular formula is C100H122ClN17O12. The Morgan fingerprint density at radius 3 is 1.34 bits per heavy atom. The van der Waals surface area contributed by atoms with Gasteiger partial charge in [-0.25, -0.2) is 24.5 Å². The number of aliphatic hydroxyl groups excluding tert-OH is 2. The number of carbonyl (C=O) groups excluding carboxylic acids is 7. The van der Waals surface area contributed by atoms with Gasteiger partial charge in [0.05, 0.1) is 11.9 Å². The van der Waals surface area contributed by atoms with Crippen LogP contribution in [0.3, 0.4) is 0 Å². The Morgan fingerprint density at radius 1 is 0.415 bits per heavy atom. The van der Waals surface area contributed by atoms with Gasteiger partial charge in [0.2, 0.25) is 29.5 Å². The molecule has 15 rings (SSSR count). The van der Waals surface area contributed by atoms with Crippen molar-refractivity contribution in [1.29, 1.82) is 0 Å². The molecule has 5 aromatic carbocycles. The van der Waals surface area contributed by atoms with E-state index in [1.807, 2.05) is 152 Å². The molecule has 130 heavy (non-hydrogen) atoms. The molecule has 10 heterocycles. The Balaban J connectivity index is 0.000000157. The average molecular weight is 1790 g/mol. The molecule has 5 aliphatic rings. The van der Waals surface area contributed by atoms with Crippen LogP contribution in [0.4, 0.5) is 44.1 Å². The molecule has 29 nitrogen and oxygen atoms in total. The van der Waals surface area contributed by atoms with Gasteiger partial charge in [0, 0.05) is 142 Å². The molecule has 10 aromatic rings. The first-order chi connectivity index (χ1) is 63.4. The zero-order chi connectivity index (χ0) is 91.3. The zero-order valence-electron chi connectivity index (χ0n) is 74.2. The summed E-state index contributed by atoms with van der Waals surface area (Å²) in [4.78, 5) is 122. The molecule has 5 fully saturated rings. The number of hydrogen-bond acceptors (Lipinski definition) is 21. The maximum absolute atomic E-state index is 13.2. The highest BCUT2D eigenvalue weighted by atomic mass is 35.5. The van der Waals surface area contributed by atoms with Crippen molar-refractivity contribution >= 4 is 87.8 Å². The van der Waals surface area contributed by atoms with Gasteiger partial charge in [0.15, 0.2) is 0 Å². The number of urea groups is 1. The third kappa shape index (κ3) is 34.8. The van der Waals surface area contributed by atoms with Crippen molar-refractivity contribution in [1.82, 2.24) is 54.3 Å². The predicted octanol–water partition coefficient (Wildman–Crippen LogP) is 14.0. The van der Waals surface area contributed by atoms with E-state index >= 15 is 0 Å². The fraction of sp³-hybridized carbons (Fsp3) is 0.380. The third-order valence-electron chi connectivity index (χ3n) is 23.0. The van der Waals surface area contributed by atoms with Gasteiger partial charge >= 0.3 is 12.1 Å². The summed E-state index contributed by atoms with van der Waals surface area (Å²) in [6, 6.07) is 69.8. The molecule has 30 heteroatoms. The Morgan fingerprint density at radius 2 is 0.862 bits per heavy atom. The molecule has 0 saturated carbocycles. The summed E-state index contributed by atoms with van der Waals surface area (Å²) < 4.78 is 16.5. The number of pyridine rings is 5. The summed E-state index contributed by atoms with van der Waals surface area (Å²) in [5.41, 5.74) is 4.47. The average Bonchev–Trinajstić information content (AvgIpc) is 0.825. The van der Waals surface area contributed by atoms with Gasteiger partial charge in [-0.2, -0.15) is 0 Å². The summed E-state index contributed by atoms with van der Waals surface area (Å²) in [7, 11) is 4.07. The molecule has 5 aromatic heterocycles. The highest BCUT2D eigenvalue weighted by molar-refractivity contribution is 6.30. The van der Waals surface area contributed by atoms with Crippen LogP contribution in [0.5, 0.6) is 11.5 Å². The molecule has 0 bridgehead atoms. The fourth-order valence-electron chi connectivity index (χ4n) is 15.5. The number of para-hydroxylation sites is 2. The number of benzene rings is 5. The maximum Gasteiger partial charge on any atom is 0.410 e. The molecule has 7 N–H and O–H groups in total. The van der Waals surface area contributed by atoms with Gasteiger partial charge in [-0.05, 0) is 238 Å². The van der Waals surface area contributed by atoms with Crippen molar-refractivity contribution < 1.29 is 58.0 Å². The molecule has 0 spiro atoms. The molecule has 686 valence electrons. The van der Waals surface area contributed by atoms with Crippen LogP contribution in [0.2, 0.25) is 5.02 Å². The minimum atomic E-state index is -0.547. The van der Waals surface area contributed by atoms with Gasteiger partial charge < -0.3 is 80.4 Å². The summed E-state index contributed by atoms with van der Waals surface area (Å²) in [6.45, 7) is 11.8. The highest BCUT2D eigenvalue weighted by Gasteiger charge is 2.34. The number of ether oxygens (including phenoxy) is 3. The third-order valence-corrected chi connectivity index (χ3v) is 23.2. The number of hydrogen-bond donors (Lipinski definition) is 7. The van der Waals surface area contributed by atoms with Crippen molar-refractivity contribution in [3.05, 3.63) is 284 Å². The molecule has 0 aliphatic carbocycles. The lowest BCUT2D eigenvalue weighted by Crippen LogP contribution is -2.45. The van der Waals surface area contributed by atoms with E-state index in [0.29, 0.717) is 93.8 Å². The van der Waals surface area contributed by atoms with Crippen LogP contribution in [-0.2, 0) is 41.7 Å². The van der Waals surface area contributed by atoms with Crippen molar-refractivity contribution in [2.75, 3.05) is 157 Å². The lowest BCUT2D eigenvalue weighted by atomic mass is 9.94. The largest absolute Gasteiger partial charge is 0.491 e. The number of likely N-dealkylation sites (tertiary alicyclic amines) is 5. The maximum atomic E-state index is 13.2. The van der Waals surface area contributed by atoms with Gasteiger partial charge in [-0.1, -0.05) is 133 Å². The monoisotopic (exact) mass is 1790 g/mol. The number of likely N-dealkylation sites (N-methyl/N-ethyl adjacent to an activating group) is 1. The number of aromatic nitrogens is 5. The molecule has 2 atom stereocenters. The van der Waals surface area contributed by atoms with E-state index < -0.39 is 12.2 Å². The molecule has 2 unspecified atom stereocenters. The van der Waals surface area contributed by atoms with E-state index in [1.165, 1.54) is 5.56 Å². The first kappa shape index (κ1) is 98.0. The second-order valence-electron chi connectivity index (χ2n) is 32.9. The van der Waals surface area contributed by atoms with E-state index in [-0.39, 0.29) is 91.1 Å². The Kier molecular flexibility index (Phi) is 40.7. The smallest absolute Gasteiger partial charge is 0.410 e. The highest BCUT2D eigenvalue weighted by Crippen LogP contribution is 2.28. The summed E-state index contributed by atoms with van der Waals surface area (Å²) in [5.74, 6) is 3.55. The number of β-amino-alcohol motifs (C(OH)–C–C–N with tert-alkyl or cyclic N) is 2. The number of amides is 8. The van der Waals surface area contributed by atoms with Crippen LogP contribution >= 0.6 is 11.6 Å². The van der Waals surface area contributed by atoms with Gasteiger partial charge in [0.25, 0.3) is 0 Å². The van der Waals surface area contributed by atoms with Crippen molar-refractivity contribution in [2.45, 2.75) is 89.4 Å². The second-order valence-corrected chi connectivity index (χ2v) is 33.3. The van der Waals surface area contributed by atoms with E-state index in [9.17, 15) is 43.8 Å². The van der Waals surface area contributed by atoms with Gasteiger partial charge in [-0.15, -0.1) is 0 Å². The standard InChI is InChI=1S/C23H32N4O.2C20H25N3O3.C19H21N3O3.C18H19ClN4O2/c1-25(2)18-19-27(22-10-6-7-14-24-22)23(28)21-12-16-26(17-13-21)15-11-20-8-4-3-5-9-20;24-18(15-26-19-6-2-1-3-7-19)14-23-11-8-16(9-12-23)20(25)22-17-5-4-10-21-13-17;24-17(15-26-18-6-2-1-3-7-18)14-23-12-9-16(10-13-23)20(25)22-19-8-4-5-11-21-19;23-18(21-17-8-4-5-11-20-17)16-9-12-22(13-10-16)19(24)25-14-15-6-2-1-3-7-15;19-14-2-1-3-16(12-14)22-18(25)23-10-6-13(7-11-23)17(24)21-15-4-8-20-9-5-15/h3-10,14,21H,11-13,15-19H2,1-2H3;1-7,10,13,16,18,24H,8-9,11-12,14-15H2,(H,22,25);1-8,11,16-17,24H,9-10,12-15H2,(H,21,22,25);1-8,11,16H,9-10,12-14H2,(H,20,21,23);1-5,8-9,12-13H,6-7,10-11H2,(H,22,25)(H,20,21,24). The lowest BCUT2D eigenvalue weighted by Gasteiger charge is -2.34. The fourth-order valence-corrected chi connectivity index (χ4v) is 15.7. The molecular weight excluding hydrogens is 1670 g/mol. The van der Waals surface area contributed by atoms with Crippen LogP contribution in [0.15, 0.2) is 268 Å². The zero-order valence-corrected chi connectivity index (χ0v) is 74.9. The summed E-state index contributed by atoms with van der Waals surface area (Å²) >= 11 is 5.92. The first-order valence-corrected chi connectivity index (χ1v) is 45.2. The number of carbonyl (C=O) groups is 7. The van der Waals surface area contributed by atoms with Crippen LogP contribution in [0, 0.1) is 29.6 Å². The molecule has 0 radical (unpaired) electrons. The molecule has 5 saturated heterocycles. The number of nitrogens with zero attached hydrogens (tertiary/aromatic N) is 12. The second kappa shape index (κ2) is 54.0.